The predicted octanol–water partition coefficient (Wildman–Crippen LogP) is 2.16. The maximum Gasteiger partial charge on any atom is 0.255 e. The molecule has 0 aromatic carbocycles. The molecule has 1 amide bonds. The van der Waals surface area contributed by atoms with E-state index in [4.69, 9.17) is 4.74 Å². The molecule has 22 heavy (non-hydrogen) atoms. The number of carbonyl (C=O) groups is 1. The largest absolute Gasteiger partial charge is 0.486 e. The minimum absolute atomic E-state index is 0.0556. The van der Waals surface area contributed by atoms with Gasteiger partial charge in [0, 0.05) is 31.1 Å². The Morgan fingerprint density at radius 2 is 1.95 bits per heavy atom. The number of fused-ring (bicyclic) bond motifs is 2. The van der Waals surface area contributed by atoms with Crippen molar-refractivity contribution in [2.24, 2.45) is 5.92 Å². The van der Waals surface area contributed by atoms with Crippen LogP contribution in [0.1, 0.15) is 23.2 Å². The summed E-state index contributed by atoms with van der Waals surface area (Å²) >= 11 is 0. The Kier molecular flexibility index (Phi) is 3.25. The normalized spacial score (nSPS) is 26.2. The summed E-state index contributed by atoms with van der Waals surface area (Å²) in [5.74, 6) is 1.24. The van der Waals surface area contributed by atoms with Crippen LogP contribution in [0.2, 0.25) is 0 Å². The molecule has 0 spiro atoms. The number of hydrogen-bond donors (Lipinski definition) is 0. The number of ether oxygens (including phenoxy) is 1. The fourth-order valence-electron chi connectivity index (χ4n) is 3.58. The lowest BCUT2D eigenvalue weighted by Crippen LogP contribution is -2.40. The number of amides is 1. The lowest BCUT2D eigenvalue weighted by atomic mass is 10.1. The zero-order valence-corrected chi connectivity index (χ0v) is 12.1. The number of piperidine rings is 1. The van der Waals surface area contributed by atoms with Gasteiger partial charge in [-0.1, -0.05) is 0 Å². The smallest absolute Gasteiger partial charge is 0.255 e. The quantitative estimate of drug-likeness (QED) is 0.870. The highest BCUT2D eigenvalue weighted by Gasteiger charge is 2.50. The Morgan fingerprint density at radius 1 is 1.14 bits per heavy atom. The number of pyridine rings is 2. The number of carbonyl (C=O) groups excluding carboxylic acids is 1. The molecule has 2 aromatic rings. The van der Waals surface area contributed by atoms with E-state index in [-0.39, 0.29) is 18.1 Å². The molecule has 2 aromatic heterocycles. The number of rotatable bonds is 3. The van der Waals surface area contributed by atoms with Crippen LogP contribution in [0.4, 0.5) is 0 Å². The molecule has 5 nitrogen and oxygen atoms in total. The van der Waals surface area contributed by atoms with Crippen molar-refractivity contribution in [1.29, 1.82) is 0 Å². The number of hydrogen-bond acceptors (Lipinski definition) is 4. The Hall–Kier alpha value is -2.43. The van der Waals surface area contributed by atoms with Gasteiger partial charge in [0.1, 0.15) is 11.9 Å². The van der Waals surface area contributed by atoms with E-state index >= 15 is 0 Å². The second kappa shape index (κ2) is 5.40. The van der Waals surface area contributed by atoms with Crippen molar-refractivity contribution in [2.75, 3.05) is 6.54 Å². The van der Waals surface area contributed by atoms with Crippen molar-refractivity contribution in [2.45, 2.75) is 25.0 Å². The van der Waals surface area contributed by atoms with E-state index in [0.29, 0.717) is 11.5 Å². The van der Waals surface area contributed by atoms with E-state index in [1.54, 1.807) is 30.9 Å². The lowest BCUT2D eigenvalue weighted by molar-refractivity contribution is 0.0666. The molecule has 3 heterocycles. The maximum atomic E-state index is 12.7. The molecule has 0 radical (unpaired) electrons. The van der Waals surface area contributed by atoms with Crippen LogP contribution in [0.25, 0.3) is 0 Å². The first-order valence-electron chi connectivity index (χ1n) is 7.60. The molecule has 0 unspecified atom stereocenters. The molecule has 1 aliphatic heterocycles. The molecule has 4 rings (SSSR count). The molecule has 0 N–H and O–H groups in total. The molecule has 1 aliphatic carbocycles. The van der Waals surface area contributed by atoms with Gasteiger partial charge in [0.25, 0.3) is 5.91 Å². The molecule has 2 bridgehead atoms. The lowest BCUT2D eigenvalue weighted by Gasteiger charge is -2.27. The third-order valence-electron chi connectivity index (χ3n) is 4.58. The third-order valence-corrected chi connectivity index (χ3v) is 4.58. The Bertz CT molecular complexity index is 662. The first-order chi connectivity index (χ1) is 10.8. The average Bonchev–Trinajstić information content (AvgIpc) is 3.13. The van der Waals surface area contributed by atoms with Crippen molar-refractivity contribution in [3.05, 3.63) is 54.6 Å². The molecule has 2 fully saturated rings. The summed E-state index contributed by atoms with van der Waals surface area (Å²) in [6.45, 7) is 0.767. The first kappa shape index (κ1) is 13.2. The van der Waals surface area contributed by atoms with Crippen LogP contribution in [0.5, 0.6) is 5.75 Å². The summed E-state index contributed by atoms with van der Waals surface area (Å²) in [6.07, 6.45) is 8.96. The minimum Gasteiger partial charge on any atom is -0.486 e. The van der Waals surface area contributed by atoms with E-state index in [0.717, 1.165) is 25.1 Å². The number of aromatic nitrogens is 2. The van der Waals surface area contributed by atoms with Crippen molar-refractivity contribution >= 4 is 5.91 Å². The molecule has 5 heteroatoms. The van der Waals surface area contributed by atoms with Crippen molar-refractivity contribution in [3.63, 3.8) is 0 Å². The van der Waals surface area contributed by atoms with Gasteiger partial charge in [0.2, 0.25) is 0 Å². The Balaban J connectivity index is 1.52. The van der Waals surface area contributed by atoms with E-state index in [2.05, 4.69) is 9.97 Å². The maximum absolute atomic E-state index is 12.7. The summed E-state index contributed by atoms with van der Waals surface area (Å²) < 4.78 is 6.11. The van der Waals surface area contributed by atoms with Gasteiger partial charge in [-0.15, -0.1) is 0 Å². The summed E-state index contributed by atoms with van der Waals surface area (Å²) in [7, 11) is 0. The van der Waals surface area contributed by atoms with Gasteiger partial charge in [0.15, 0.2) is 0 Å². The Labute approximate surface area is 129 Å². The summed E-state index contributed by atoms with van der Waals surface area (Å²) in [5, 5.41) is 0. The molecular formula is C17H17N3O2. The van der Waals surface area contributed by atoms with Crippen LogP contribution < -0.4 is 4.74 Å². The zero-order chi connectivity index (χ0) is 14.9. The van der Waals surface area contributed by atoms with E-state index in [1.165, 1.54) is 0 Å². The van der Waals surface area contributed by atoms with Gasteiger partial charge in [0.05, 0.1) is 17.8 Å². The van der Waals surface area contributed by atoms with Crippen LogP contribution in [0.15, 0.2) is 49.1 Å². The summed E-state index contributed by atoms with van der Waals surface area (Å²) in [5.41, 5.74) is 0.648. The van der Waals surface area contributed by atoms with Gasteiger partial charge in [-0.3, -0.25) is 14.8 Å². The van der Waals surface area contributed by atoms with Crippen LogP contribution in [-0.4, -0.2) is 39.5 Å². The highest BCUT2D eigenvalue weighted by molar-refractivity contribution is 5.94. The second-order valence-corrected chi connectivity index (χ2v) is 5.88. The van der Waals surface area contributed by atoms with Gasteiger partial charge >= 0.3 is 0 Å². The van der Waals surface area contributed by atoms with E-state index < -0.39 is 0 Å². The SMILES string of the molecule is O=C(c1cccnc1)N1C[C@H]2CC[C@H]1[C@@H]2Oc1cccnc1. The topological polar surface area (TPSA) is 55.3 Å². The van der Waals surface area contributed by atoms with Crippen LogP contribution in [0, 0.1) is 5.92 Å². The third kappa shape index (κ3) is 2.22. The zero-order valence-electron chi connectivity index (χ0n) is 12.1. The predicted molar refractivity (Wildman–Crippen MR) is 80.4 cm³/mol. The van der Waals surface area contributed by atoms with Gasteiger partial charge in [-0.05, 0) is 37.1 Å². The summed E-state index contributed by atoms with van der Waals surface area (Å²) in [6, 6.07) is 7.55. The van der Waals surface area contributed by atoms with E-state index in [1.807, 2.05) is 23.1 Å². The van der Waals surface area contributed by atoms with Crippen LogP contribution in [0.3, 0.4) is 0 Å². The van der Waals surface area contributed by atoms with Crippen LogP contribution >= 0.6 is 0 Å². The standard InChI is InChI=1S/C17H17N3O2/c21-17(12-3-1-7-18-9-12)20-11-13-5-6-15(20)16(13)22-14-4-2-8-19-10-14/h1-4,7-10,13,15-16H,5-6,11H2/t13-,15+,16-/m1/s1. The monoisotopic (exact) mass is 295 g/mol. The van der Waals surface area contributed by atoms with Crippen LogP contribution in [-0.2, 0) is 0 Å². The van der Waals surface area contributed by atoms with Gasteiger partial charge < -0.3 is 9.64 Å². The number of nitrogens with zero attached hydrogens (tertiary/aromatic N) is 3. The molecular weight excluding hydrogens is 278 g/mol. The first-order valence-corrected chi connectivity index (χ1v) is 7.60. The van der Waals surface area contributed by atoms with Crippen molar-refractivity contribution in [3.8, 4) is 5.75 Å². The molecule has 112 valence electrons. The molecule has 3 atom stereocenters. The van der Waals surface area contributed by atoms with Crippen molar-refractivity contribution < 1.29 is 9.53 Å². The van der Waals surface area contributed by atoms with Gasteiger partial charge in [-0.25, -0.2) is 0 Å². The highest BCUT2D eigenvalue weighted by Crippen LogP contribution is 2.40. The van der Waals surface area contributed by atoms with Gasteiger partial charge in [-0.2, -0.15) is 0 Å². The summed E-state index contributed by atoms with van der Waals surface area (Å²) in [4.78, 5) is 22.7. The molecule has 1 saturated carbocycles. The molecule has 1 saturated heterocycles. The fraction of sp³-hybridized carbons (Fsp3) is 0.353. The van der Waals surface area contributed by atoms with E-state index in [9.17, 15) is 4.79 Å². The average molecular weight is 295 g/mol. The fourth-order valence-corrected chi connectivity index (χ4v) is 3.58. The van der Waals surface area contributed by atoms with Crippen molar-refractivity contribution in [1.82, 2.24) is 14.9 Å². The Morgan fingerprint density at radius 3 is 2.68 bits per heavy atom. The highest BCUT2D eigenvalue weighted by atomic mass is 16.5. The number of likely N-dealkylation sites (tertiary alicyclic amines) is 1. The second-order valence-electron chi connectivity index (χ2n) is 5.88. The minimum atomic E-state index is 0.0556. The molecule has 2 aliphatic rings.